The molecule has 1 fully saturated rings. The van der Waals surface area contributed by atoms with Crippen LogP contribution in [0, 0.1) is 0 Å². The number of thioether (sulfide) groups is 1. The zero-order chi connectivity index (χ0) is 28.7. The van der Waals surface area contributed by atoms with Crippen molar-refractivity contribution in [1.29, 1.82) is 0 Å². The van der Waals surface area contributed by atoms with Crippen LogP contribution < -0.4 is 21.0 Å². The molecule has 2 aromatic carbocycles. The normalized spacial score (nSPS) is 23.7. The van der Waals surface area contributed by atoms with E-state index in [4.69, 9.17) is 19.5 Å². The highest BCUT2D eigenvalue weighted by Gasteiger charge is 2.45. The summed E-state index contributed by atoms with van der Waals surface area (Å²) in [5.41, 5.74) is 5.50. The van der Waals surface area contributed by atoms with Crippen LogP contribution in [-0.4, -0.2) is 66.3 Å². The summed E-state index contributed by atoms with van der Waals surface area (Å²) in [6, 6.07) is 16.3. The van der Waals surface area contributed by atoms with Gasteiger partial charge in [-0.05, 0) is 17.7 Å². The molecule has 0 saturated carbocycles. The highest BCUT2D eigenvalue weighted by Crippen LogP contribution is 2.48. The highest BCUT2D eigenvalue weighted by atomic mass is 32.2. The van der Waals surface area contributed by atoms with E-state index < -0.39 is 48.6 Å². The Balaban J connectivity index is 1.47. The molecule has 0 spiro atoms. The lowest BCUT2D eigenvalue weighted by molar-refractivity contribution is -0.117. The molecule has 13 nitrogen and oxygen atoms in total. The molecular formula is C25H30N5O8PS. The fraction of sp³-hybridized carbons (Fsp3) is 0.320. The van der Waals surface area contributed by atoms with E-state index in [1.165, 1.54) is 6.08 Å². The molecule has 1 aliphatic heterocycles. The summed E-state index contributed by atoms with van der Waals surface area (Å²) in [6.07, 6.45) is -1.80. The van der Waals surface area contributed by atoms with Crippen molar-refractivity contribution in [3.05, 3.63) is 95.7 Å². The Morgan fingerprint density at radius 1 is 1.15 bits per heavy atom. The first kappa shape index (κ1) is 29.9. The average molecular weight is 592 g/mol. The highest BCUT2D eigenvalue weighted by molar-refractivity contribution is 8.00. The van der Waals surface area contributed by atoms with Crippen LogP contribution >= 0.6 is 19.5 Å². The number of para-hydroxylation sites is 1. The van der Waals surface area contributed by atoms with Crippen molar-refractivity contribution < 1.29 is 33.7 Å². The van der Waals surface area contributed by atoms with Gasteiger partial charge in [0.15, 0.2) is 6.29 Å². The van der Waals surface area contributed by atoms with Gasteiger partial charge in [0.05, 0.1) is 30.6 Å². The van der Waals surface area contributed by atoms with E-state index in [2.05, 4.69) is 21.6 Å². The Morgan fingerprint density at radius 3 is 2.48 bits per heavy atom. The number of benzene rings is 2. The zero-order valence-corrected chi connectivity index (χ0v) is 22.9. The van der Waals surface area contributed by atoms with E-state index in [1.807, 2.05) is 30.3 Å². The van der Waals surface area contributed by atoms with Gasteiger partial charge < -0.3 is 30.3 Å². The Labute approximate surface area is 234 Å². The second-order valence-electron chi connectivity index (χ2n) is 8.73. The second kappa shape index (κ2) is 13.5. The van der Waals surface area contributed by atoms with Gasteiger partial charge in [-0.1, -0.05) is 54.6 Å². The smallest absolute Gasteiger partial charge is 0.413 e. The van der Waals surface area contributed by atoms with Crippen molar-refractivity contribution in [3.63, 3.8) is 0 Å². The van der Waals surface area contributed by atoms with Gasteiger partial charge in [-0.2, -0.15) is 10.1 Å². The van der Waals surface area contributed by atoms with Crippen molar-refractivity contribution in [2.45, 2.75) is 41.8 Å². The third-order valence-corrected chi connectivity index (χ3v) is 8.97. The monoisotopic (exact) mass is 591 g/mol. The van der Waals surface area contributed by atoms with Gasteiger partial charge in [0.2, 0.25) is 5.95 Å². The number of rotatable bonds is 13. The Hall–Kier alpha value is -3.07. The maximum atomic E-state index is 13.9. The van der Waals surface area contributed by atoms with Crippen LogP contribution in [0.1, 0.15) is 10.9 Å². The molecule has 0 aliphatic carbocycles. The summed E-state index contributed by atoms with van der Waals surface area (Å²) in [5, 5.41) is 32.8. The number of hydrogen-bond donors (Lipinski definition) is 5. The maximum absolute atomic E-state index is 13.9. The predicted octanol–water partition coefficient (Wildman–Crippen LogP) is 1.44. The van der Waals surface area contributed by atoms with Gasteiger partial charge in [-0.25, -0.2) is 14.3 Å². The number of aliphatic hydroxyl groups is 3. The van der Waals surface area contributed by atoms with Crippen molar-refractivity contribution >= 4 is 25.5 Å². The number of aromatic nitrogens is 3. The minimum Gasteiger partial charge on any atom is -0.413 e. The number of hydrogen-bond acceptors (Lipinski definition) is 12. The molecule has 1 saturated heterocycles. The van der Waals surface area contributed by atoms with Crippen LogP contribution in [-0.2, 0) is 20.4 Å². The molecule has 3 unspecified atom stereocenters. The van der Waals surface area contributed by atoms with Gasteiger partial charge in [-0.3, -0.25) is 9.09 Å². The van der Waals surface area contributed by atoms with Crippen LogP contribution in [0.5, 0.6) is 5.75 Å². The van der Waals surface area contributed by atoms with Crippen LogP contribution in [0.2, 0.25) is 0 Å². The first-order valence-corrected chi connectivity index (χ1v) is 14.6. The number of nitrogens with zero attached hydrogens (tertiary/aromatic N) is 3. The van der Waals surface area contributed by atoms with Gasteiger partial charge >= 0.3 is 13.4 Å². The molecule has 7 atom stereocenters. The van der Waals surface area contributed by atoms with Gasteiger partial charge in [0.25, 0.3) is 0 Å². The van der Waals surface area contributed by atoms with Gasteiger partial charge in [-0.15, -0.1) is 18.3 Å². The van der Waals surface area contributed by atoms with Crippen molar-refractivity contribution in [3.8, 4) is 5.75 Å². The first-order chi connectivity index (χ1) is 19.2. The lowest BCUT2D eigenvalue weighted by Gasteiger charge is -2.27. The fourth-order valence-corrected chi connectivity index (χ4v) is 6.84. The minimum atomic E-state index is -4.25. The molecule has 214 valence electrons. The molecule has 2 heterocycles. The van der Waals surface area contributed by atoms with Crippen LogP contribution in [0.4, 0.5) is 5.95 Å². The van der Waals surface area contributed by atoms with E-state index in [1.54, 1.807) is 30.3 Å². The molecule has 0 amide bonds. The summed E-state index contributed by atoms with van der Waals surface area (Å²) in [6.45, 7) is 3.39. The molecule has 0 bridgehead atoms. The van der Waals surface area contributed by atoms with Crippen LogP contribution in [0.15, 0.2) is 84.4 Å². The molecule has 0 radical (unpaired) electrons. The topological polar surface area (TPSA) is 191 Å². The summed E-state index contributed by atoms with van der Waals surface area (Å²) < 4.78 is 31.8. The number of ether oxygens (including phenoxy) is 1. The summed E-state index contributed by atoms with van der Waals surface area (Å²) >= 11 is 1.00. The standard InChI is InChI=1S/C25H30N5O8PS/c1-2-18(23(33)36-13-16-9-5-3-6-10-16)29-39(35,38-17-11-7-4-8-12-17)37-14-19-20(31)21(32)22(40-19)30-15-27-24(26)28-25(30)34/h2-12,15,18-23,31-33H,1,13-14H2,(H,29,35)(H2,26,28,34)/t18-,19+,20-,21?,22+,23?,39?/m0/s1. The number of nitrogens with two attached hydrogens (primary N) is 1. The number of nitrogen functional groups attached to an aromatic ring is 1. The van der Waals surface area contributed by atoms with E-state index in [9.17, 15) is 24.7 Å². The summed E-state index contributed by atoms with van der Waals surface area (Å²) in [5.74, 6) is -0.0140. The van der Waals surface area contributed by atoms with E-state index in [0.29, 0.717) is 0 Å². The Kier molecular flexibility index (Phi) is 10.1. The number of aliphatic hydroxyl groups excluding tert-OH is 3. The quantitative estimate of drug-likeness (QED) is 0.109. The summed E-state index contributed by atoms with van der Waals surface area (Å²) in [4.78, 5) is 19.6. The Morgan fingerprint density at radius 2 is 1.82 bits per heavy atom. The zero-order valence-electron chi connectivity index (χ0n) is 21.2. The molecule has 3 aromatic rings. The SMILES string of the molecule is C=C[C@H](NP(=O)(OC[C@H]1S[C@@H](n2cnc(N)nc2=O)C(O)[C@H]1O)Oc1ccccc1)C(O)OCc1ccccc1. The molecule has 4 rings (SSSR count). The van der Waals surface area contributed by atoms with E-state index in [-0.39, 0.29) is 24.9 Å². The minimum absolute atomic E-state index is 0.0805. The molecule has 6 N–H and O–H groups in total. The molecule has 1 aromatic heterocycles. The predicted molar refractivity (Wildman–Crippen MR) is 148 cm³/mol. The van der Waals surface area contributed by atoms with Crippen molar-refractivity contribution in [2.24, 2.45) is 0 Å². The second-order valence-corrected chi connectivity index (χ2v) is 11.8. The number of anilines is 1. The fourth-order valence-electron chi connectivity index (χ4n) is 3.78. The van der Waals surface area contributed by atoms with Crippen LogP contribution in [0.25, 0.3) is 0 Å². The molecule has 40 heavy (non-hydrogen) atoms. The number of nitrogens with one attached hydrogen (secondary N) is 1. The molecular weight excluding hydrogens is 561 g/mol. The lowest BCUT2D eigenvalue weighted by Crippen LogP contribution is -2.40. The maximum Gasteiger partial charge on any atom is 0.459 e. The average Bonchev–Trinajstić information content (AvgIpc) is 3.23. The Bertz CT molecular complexity index is 1370. The van der Waals surface area contributed by atoms with Gasteiger partial charge in [0, 0.05) is 0 Å². The lowest BCUT2D eigenvalue weighted by atomic mass is 10.1. The third-order valence-electron chi connectivity index (χ3n) is 5.87. The first-order valence-electron chi connectivity index (χ1n) is 12.1. The summed E-state index contributed by atoms with van der Waals surface area (Å²) in [7, 11) is -4.25. The molecule has 15 heteroatoms. The molecule has 1 aliphatic rings. The van der Waals surface area contributed by atoms with Crippen LogP contribution in [0.3, 0.4) is 0 Å². The van der Waals surface area contributed by atoms with E-state index in [0.717, 1.165) is 28.2 Å². The van der Waals surface area contributed by atoms with E-state index >= 15 is 0 Å². The van der Waals surface area contributed by atoms with Crippen molar-refractivity contribution in [1.82, 2.24) is 19.6 Å². The van der Waals surface area contributed by atoms with Crippen molar-refractivity contribution in [2.75, 3.05) is 12.3 Å². The van der Waals surface area contributed by atoms with Gasteiger partial charge in [0.1, 0.15) is 23.6 Å². The third kappa shape index (κ3) is 7.56. The largest absolute Gasteiger partial charge is 0.459 e.